The molecular weight excluding hydrogens is 338 g/mol. The number of aromatic nitrogens is 4. The zero-order valence-electron chi connectivity index (χ0n) is 14.1. The van der Waals surface area contributed by atoms with Gasteiger partial charge in [-0.2, -0.15) is 0 Å². The Morgan fingerprint density at radius 1 is 1.32 bits per heavy atom. The molecule has 6 nitrogen and oxygen atoms in total. The van der Waals surface area contributed by atoms with Crippen LogP contribution in [0.4, 0.5) is 5.69 Å². The summed E-state index contributed by atoms with van der Waals surface area (Å²) in [5, 5.41) is 20.9. The third-order valence-corrected chi connectivity index (χ3v) is 5.19. The van der Waals surface area contributed by atoms with Crippen molar-refractivity contribution >= 4 is 28.2 Å². The van der Waals surface area contributed by atoms with Gasteiger partial charge in [0.2, 0.25) is 0 Å². The van der Waals surface area contributed by atoms with Crippen LogP contribution in [0.1, 0.15) is 18.7 Å². The number of halogens is 1. The highest BCUT2D eigenvalue weighted by molar-refractivity contribution is 6.35. The summed E-state index contributed by atoms with van der Waals surface area (Å²) in [6, 6.07) is 7.80. The topological polar surface area (TPSA) is 67.1 Å². The lowest BCUT2D eigenvalue weighted by Crippen LogP contribution is -2.50. The molecule has 1 aromatic carbocycles. The number of β-amino-alcohol motifs (C(OH)–C–C–N with tert-alkyl or cyclic N) is 1. The van der Waals surface area contributed by atoms with Crippen LogP contribution in [0.25, 0.3) is 10.9 Å². The molecule has 1 unspecified atom stereocenters. The summed E-state index contributed by atoms with van der Waals surface area (Å²) in [7, 11) is 1.90. The highest BCUT2D eigenvalue weighted by atomic mass is 35.5. The average Bonchev–Trinajstić information content (AvgIpc) is 2.99. The van der Waals surface area contributed by atoms with Crippen LogP contribution >= 0.6 is 11.6 Å². The number of fused-ring (bicyclic) bond motifs is 1. The summed E-state index contributed by atoms with van der Waals surface area (Å²) in [4.78, 5) is 6.62. The summed E-state index contributed by atoms with van der Waals surface area (Å²) in [6.45, 7) is 1.44. The molecule has 0 amide bonds. The monoisotopic (exact) mass is 357 g/mol. The van der Waals surface area contributed by atoms with E-state index in [0.717, 1.165) is 41.8 Å². The molecule has 3 aromatic rings. The number of nitrogens with zero attached hydrogens (tertiary/aromatic N) is 5. The first-order valence-corrected chi connectivity index (χ1v) is 8.77. The van der Waals surface area contributed by atoms with Crippen molar-refractivity contribution in [1.29, 1.82) is 0 Å². The van der Waals surface area contributed by atoms with E-state index in [1.54, 1.807) is 12.5 Å². The second kappa shape index (κ2) is 6.28. The van der Waals surface area contributed by atoms with Crippen molar-refractivity contribution in [1.82, 2.24) is 19.7 Å². The Hall–Kier alpha value is -2.18. The molecule has 1 N–H and O–H groups in total. The van der Waals surface area contributed by atoms with Gasteiger partial charge in [0.25, 0.3) is 0 Å². The lowest BCUT2D eigenvalue weighted by Gasteiger charge is -2.40. The van der Waals surface area contributed by atoms with Crippen molar-refractivity contribution in [2.24, 2.45) is 7.05 Å². The van der Waals surface area contributed by atoms with E-state index in [-0.39, 0.29) is 0 Å². The Labute approximate surface area is 151 Å². The zero-order chi connectivity index (χ0) is 17.4. The maximum atomic E-state index is 11.2. The summed E-state index contributed by atoms with van der Waals surface area (Å²) < 4.78 is 1.86. The number of benzene rings is 1. The van der Waals surface area contributed by atoms with Crippen molar-refractivity contribution < 1.29 is 5.11 Å². The molecule has 4 rings (SSSR count). The van der Waals surface area contributed by atoms with E-state index in [0.29, 0.717) is 18.0 Å². The molecule has 1 aliphatic heterocycles. The standard InChI is InChI=1S/C18H20ClN5O/c1-23-12-21-22-16(23)10-18(25)7-3-9-24(11-18)15-6-8-20-17-13(15)4-2-5-14(17)19/h2,4-6,8,12,25H,3,7,9-11H2,1H3. The third kappa shape index (κ3) is 3.07. The number of rotatable bonds is 3. The number of para-hydroxylation sites is 1. The van der Waals surface area contributed by atoms with E-state index in [1.807, 2.05) is 35.9 Å². The molecule has 0 radical (unpaired) electrons. The summed E-state index contributed by atoms with van der Waals surface area (Å²) in [5.41, 5.74) is 1.03. The van der Waals surface area contributed by atoms with Crippen LogP contribution < -0.4 is 4.90 Å². The smallest absolute Gasteiger partial charge is 0.135 e. The molecule has 1 fully saturated rings. The van der Waals surface area contributed by atoms with Crippen LogP contribution in [-0.2, 0) is 13.5 Å². The fourth-order valence-corrected chi connectivity index (χ4v) is 3.85. The van der Waals surface area contributed by atoms with Gasteiger partial charge in [0.15, 0.2) is 0 Å². The maximum absolute atomic E-state index is 11.2. The molecule has 7 heteroatoms. The number of aliphatic hydroxyl groups is 1. The minimum Gasteiger partial charge on any atom is -0.388 e. The number of piperidine rings is 1. The molecule has 3 heterocycles. The quantitative estimate of drug-likeness (QED) is 0.780. The molecule has 130 valence electrons. The maximum Gasteiger partial charge on any atom is 0.135 e. The predicted octanol–water partition coefficient (Wildman–Crippen LogP) is 2.59. The molecule has 25 heavy (non-hydrogen) atoms. The predicted molar refractivity (Wildman–Crippen MR) is 97.9 cm³/mol. The van der Waals surface area contributed by atoms with Crippen molar-refractivity contribution in [3.05, 3.63) is 47.6 Å². The van der Waals surface area contributed by atoms with Gasteiger partial charge in [0.1, 0.15) is 12.2 Å². The Balaban J connectivity index is 1.66. The molecule has 0 spiro atoms. The van der Waals surface area contributed by atoms with Crippen molar-refractivity contribution in [2.45, 2.75) is 24.9 Å². The van der Waals surface area contributed by atoms with E-state index in [1.165, 1.54) is 0 Å². The number of anilines is 1. The van der Waals surface area contributed by atoms with Gasteiger partial charge >= 0.3 is 0 Å². The average molecular weight is 358 g/mol. The Morgan fingerprint density at radius 3 is 3.00 bits per heavy atom. The molecular formula is C18H20ClN5O. The number of aryl methyl sites for hydroxylation is 1. The van der Waals surface area contributed by atoms with Gasteiger partial charge in [-0.3, -0.25) is 4.98 Å². The van der Waals surface area contributed by atoms with Crippen LogP contribution in [0.15, 0.2) is 36.8 Å². The molecule has 1 aliphatic rings. The fourth-order valence-electron chi connectivity index (χ4n) is 3.62. The first-order chi connectivity index (χ1) is 12.1. The third-order valence-electron chi connectivity index (χ3n) is 4.89. The van der Waals surface area contributed by atoms with E-state index in [4.69, 9.17) is 11.6 Å². The van der Waals surface area contributed by atoms with E-state index in [9.17, 15) is 5.11 Å². The SMILES string of the molecule is Cn1cnnc1CC1(O)CCCN(c2ccnc3c(Cl)cccc23)C1. The molecule has 0 aliphatic carbocycles. The number of hydrogen-bond acceptors (Lipinski definition) is 5. The first kappa shape index (κ1) is 16.3. The van der Waals surface area contributed by atoms with Crippen LogP contribution in [0.2, 0.25) is 5.02 Å². The largest absolute Gasteiger partial charge is 0.388 e. The van der Waals surface area contributed by atoms with Crippen LogP contribution in [0.3, 0.4) is 0 Å². The van der Waals surface area contributed by atoms with E-state index >= 15 is 0 Å². The second-order valence-electron chi connectivity index (χ2n) is 6.75. The van der Waals surface area contributed by atoms with Crippen LogP contribution in [0.5, 0.6) is 0 Å². The van der Waals surface area contributed by atoms with Crippen molar-refractivity contribution in [2.75, 3.05) is 18.0 Å². The van der Waals surface area contributed by atoms with Gasteiger partial charge in [-0.25, -0.2) is 0 Å². The Bertz CT molecular complexity index is 911. The summed E-state index contributed by atoms with van der Waals surface area (Å²) in [6.07, 6.45) is 5.60. The molecule has 2 aromatic heterocycles. The van der Waals surface area contributed by atoms with Crippen LogP contribution in [0, 0.1) is 0 Å². The van der Waals surface area contributed by atoms with E-state index < -0.39 is 5.60 Å². The van der Waals surface area contributed by atoms with E-state index in [2.05, 4.69) is 20.1 Å². The normalized spacial score (nSPS) is 21.0. The number of pyridine rings is 1. The van der Waals surface area contributed by atoms with Gasteiger partial charge in [0.05, 0.1) is 16.1 Å². The Kier molecular flexibility index (Phi) is 4.09. The lowest BCUT2D eigenvalue weighted by atomic mass is 9.88. The van der Waals surface area contributed by atoms with Crippen molar-refractivity contribution in [3.63, 3.8) is 0 Å². The molecule has 0 bridgehead atoms. The summed E-state index contributed by atoms with van der Waals surface area (Å²) >= 11 is 6.29. The highest BCUT2D eigenvalue weighted by Gasteiger charge is 2.35. The van der Waals surface area contributed by atoms with Crippen LogP contribution in [-0.4, -0.2) is 43.5 Å². The number of hydrogen-bond donors (Lipinski definition) is 1. The zero-order valence-corrected chi connectivity index (χ0v) is 14.8. The minimum absolute atomic E-state index is 0.490. The van der Waals surface area contributed by atoms with Gasteiger partial charge in [0, 0.05) is 43.8 Å². The second-order valence-corrected chi connectivity index (χ2v) is 7.16. The van der Waals surface area contributed by atoms with Gasteiger partial charge in [-0.15, -0.1) is 10.2 Å². The van der Waals surface area contributed by atoms with Crippen molar-refractivity contribution in [3.8, 4) is 0 Å². The fraction of sp³-hybridized carbons (Fsp3) is 0.389. The lowest BCUT2D eigenvalue weighted by molar-refractivity contribution is 0.0239. The molecule has 1 saturated heterocycles. The Morgan fingerprint density at radius 2 is 2.20 bits per heavy atom. The highest BCUT2D eigenvalue weighted by Crippen LogP contribution is 2.34. The molecule has 0 saturated carbocycles. The van der Waals surface area contributed by atoms with Gasteiger partial charge < -0.3 is 14.6 Å². The molecule has 1 atom stereocenters. The van der Waals surface area contributed by atoms with Gasteiger partial charge in [-0.05, 0) is 25.0 Å². The van der Waals surface area contributed by atoms with Gasteiger partial charge in [-0.1, -0.05) is 23.7 Å². The first-order valence-electron chi connectivity index (χ1n) is 8.39. The minimum atomic E-state index is -0.826. The summed E-state index contributed by atoms with van der Waals surface area (Å²) in [5.74, 6) is 0.798.